The Labute approximate surface area is 75.1 Å². The monoisotopic (exact) mass is 177 g/mol. The van der Waals surface area contributed by atoms with Gasteiger partial charge in [0.1, 0.15) is 11.5 Å². The van der Waals surface area contributed by atoms with E-state index >= 15 is 0 Å². The molecule has 0 heterocycles. The van der Waals surface area contributed by atoms with Gasteiger partial charge in [-0.15, -0.1) is 0 Å². The molecule has 0 unspecified atom stereocenters. The van der Waals surface area contributed by atoms with Crippen molar-refractivity contribution in [2.24, 2.45) is 4.99 Å². The molecule has 0 amide bonds. The van der Waals surface area contributed by atoms with Crippen molar-refractivity contribution in [3.63, 3.8) is 0 Å². The molecule has 0 radical (unpaired) electrons. The fourth-order valence-electron chi connectivity index (χ4n) is 1.33. The van der Waals surface area contributed by atoms with E-state index in [1.54, 1.807) is 0 Å². The number of hydrogen-bond acceptors (Lipinski definition) is 2. The van der Waals surface area contributed by atoms with Crippen LogP contribution in [0.1, 0.15) is 24.3 Å². The Bertz CT molecular complexity index is 379. The first-order valence-corrected chi connectivity index (χ1v) is 4.18. The fourth-order valence-corrected chi connectivity index (χ4v) is 1.33. The van der Waals surface area contributed by atoms with Crippen molar-refractivity contribution in [3.8, 4) is 0 Å². The highest BCUT2D eigenvalue weighted by molar-refractivity contribution is 5.50. The smallest absolute Gasteiger partial charge is 0.211 e. The van der Waals surface area contributed by atoms with Gasteiger partial charge < -0.3 is 0 Å². The molecule has 0 saturated heterocycles. The molecule has 3 heteroatoms. The quantitative estimate of drug-likeness (QED) is 0.504. The van der Waals surface area contributed by atoms with E-state index in [0.717, 1.165) is 18.4 Å². The van der Waals surface area contributed by atoms with Crippen molar-refractivity contribution in [3.05, 3.63) is 29.6 Å². The number of carbonyl (C=O) groups excluding carboxylic acids is 1. The maximum Gasteiger partial charge on any atom is 0.240 e. The van der Waals surface area contributed by atoms with Crippen LogP contribution in [-0.4, -0.2) is 6.08 Å². The van der Waals surface area contributed by atoms with E-state index < -0.39 is 5.82 Å². The highest BCUT2D eigenvalue weighted by Gasteiger charge is 2.24. The first kappa shape index (κ1) is 8.14. The second-order valence-corrected chi connectivity index (χ2v) is 3.19. The third-order valence-electron chi connectivity index (χ3n) is 2.19. The average molecular weight is 177 g/mol. The highest BCUT2D eigenvalue weighted by atomic mass is 19.1. The number of halogens is 1. The van der Waals surface area contributed by atoms with Crippen LogP contribution < -0.4 is 0 Å². The van der Waals surface area contributed by atoms with Gasteiger partial charge in [-0.05, 0) is 36.5 Å². The summed E-state index contributed by atoms with van der Waals surface area (Å²) in [5, 5.41) is 0. The maximum absolute atomic E-state index is 13.2. The molecule has 2 nitrogen and oxygen atoms in total. The second kappa shape index (κ2) is 3.11. The Hall–Kier alpha value is -1.47. The third kappa shape index (κ3) is 1.65. The lowest BCUT2D eigenvalue weighted by molar-refractivity contribution is 0.564. The molecule has 1 aliphatic rings. The summed E-state index contributed by atoms with van der Waals surface area (Å²) in [6.07, 6.45) is 3.59. The molecule has 0 aromatic heterocycles. The van der Waals surface area contributed by atoms with Crippen LogP contribution in [0.2, 0.25) is 0 Å². The zero-order valence-electron chi connectivity index (χ0n) is 6.96. The lowest BCUT2D eigenvalue weighted by atomic mass is 10.1. The standard InChI is InChI=1S/C10H8FNO/c11-9-5-8(7-1-2-7)3-4-10(9)12-6-13/h3-5,7H,1-2H2. The van der Waals surface area contributed by atoms with Gasteiger partial charge in [0.2, 0.25) is 6.08 Å². The van der Waals surface area contributed by atoms with Crippen molar-refractivity contribution in [1.29, 1.82) is 0 Å². The van der Waals surface area contributed by atoms with Crippen molar-refractivity contribution >= 4 is 11.8 Å². The molecule has 1 fully saturated rings. The molecule has 66 valence electrons. The summed E-state index contributed by atoms with van der Waals surface area (Å²) in [6, 6.07) is 4.79. The van der Waals surface area contributed by atoms with E-state index in [4.69, 9.17) is 0 Å². The Morgan fingerprint density at radius 1 is 1.46 bits per heavy atom. The Kier molecular flexibility index (Phi) is 1.95. The fraction of sp³-hybridized carbons (Fsp3) is 0.300. The van der Waals surface area contributed by atoms with Crippen LogP contribution in [0.3, 0.4) is 0 Å². The van der Waals surface area contributed by atoms with Gasteiger partial charge in [-0.3, -0.25) is 0 Å². The molecule has 13 heavy (non-hydrogen) atoms. The summed E-state index contributed by atoms with van der Waals surface area (Å²) in [5.74, 6) is 0.0801. The predicted molar refractivity (Wildman–Crippen MR) is 46.2 cm³/mol. The zero-order chi connectivity index (χ0) is 9.26. The largest absolute Gasteiger partial charge is 0.240 e. The van der Waals surface area contributed by atoms with Crippen molar-refractivity contribution in [2.45, 2.75) is 18.8 Å². The maximum atomic E-state index is 13.2. The van der Waals surface area contributed by atoms with Gasteiger partial charge in [0.25, 0.3) is 0 Å². The van der Waals surface area contributed by atoms with Gasteiger partial charge in [0.15, 0.2) is 0 Å². The summed E-state index contributed by atoms with van der Waals surface area (Å²) < 4.78 is 13.2. The number of rotatable bonds is 2. The molecule has 0 bridgehead atoms. The lowest BCUT2D eigenvalue weighted by Gasteiger charge is -1.98. The van der Waals surface area contributed by atoms with Crippen LogP contribution in [0.15, 0.2) is 23.2 Å². The molecule has 2 rings (SSSR count). The van der Waals surface area contributed by atoms with E-state index in [9.17, 15) is 9.18 Å². The van der Waals surface area contributed by atoms with Crippen LogP contribution in [0.5, 0.6) is 0 Å². The third-order valence-corrected chi connectivity index (χ3v) is 2.19. The van der Waals surface area contributed by atoms with E-state index in [1.165, 1.54) is 18.2 Å². The number of aliphatic imine (C=N–C) groups is 1. The van der Waals surface area contributed by atoms with Gasteiger partial charge in [-0.2, -0.15) is 4.99 Å². The van der Waals surface area contributed by atoms with Gasteiger partial charge in [-0.25, -0.2) is 9.18 Å². The summed E-state index contributed by atoms with van der Waals surface area (Å²) >= 11 is 0. The summed E-state index contributed by atoms with van der Waals surface area (Å²) in [4.78, 5) is 13.1. The molecular formula is C10H8FNO. The van der Waals surface area contributed by atoms with Crippen LogP contribution in [0.4, 0.5) is 10.1 Å². The van der Waals surface area contributed by atoms with E-state index in [0.29, 0.717) is 5.92 Å². The minimum absolute atomic E-state index is 0.0689. The van der Waals surface area contributed by atoms with Crippen molar-refractivity contribution in [1.82, 2.24) is 0 Å². The van der Waals surface area contributed by atoms with Gasteiger partial charge >= 0.3 is 0 Å². The molecule has 1 aromatic rings. The van der Waals surface area contributed by atoms with Crippen molar-refractivity contribution in [2.75, 3.05) is 0 Å². The van der Waals surface area contributed by atoms with Crippen LogP contribution in [-0.2, 0) is 4.79 Å². The van der Waals surface area contributed by atoms with Gasteiger partial charge in [0.05, 0.1) is 0 Å². The minimum atomic E-state index is -0.437. The first-order valence-electron chi connectivity index (χ1n) is 4.18. The number of nitrogens with zero attached hydrogens (tertiary/aromatic N) is 1. The molecular weight excluding hydrogens is 169 g/mol. The molecule has 0 spiro atoms. The number of benzene rings is 1. The highest BCUT2D eigenvalue weighted by Crippen LogP contribution is 2.40. The molecule has 1 saturated carbocycles. The summed E-state index contributed by atoms with van der Waals surface area (Å²) in [6.45, 7) is 0. The Balaban J connectivity index is 2.36. The Morgan fingerprint density at radius 2 is 2.23 bits per heavy atom. The molecule has 1 aromatic carbocycles. The Morgan fingerprint density at radius 3 is 2.77 bits per heavy atom. The van der Waals surface area contributed by atoms with Crippen LogP contribution in [0.25, 0.3) is 0 Å². The lowest BCUT2D eigenvalue weighted by Crippen LogP contribution is -1.82. The van der Waals surface area contributed by atoms with E-state index in [1.807, 2.05) is 6.07 Å². The van der Waals surface area contributed by atoms with Crippen LogP contribution >= 0.6 is 0 Å². The zero-order valence-corrected chi connectivity index (χ0v) is 6.96. The summed E-state index contributed by atoms with van der Waals surface area (Å²) in [7, 11) is 0. The van der Waals surface area contributed by atoms with E-state index in [-0.39, 0.29) is 5.69 Å². The topological polar surface area (TPSA) is 29.4 Å². The number of isocyanates is 1. The minimum Gasteiger partial charge on any atom is -0.211 e. The molecule has 1 aliphatic carbocycles. The SMILES string of the molecule is O=C=Nc1ccc(C2CC2)cc1F. The van der Waals surface area contributed by atoms with Gasteiger partial charge in [0, 0.05) is 0 Å². The molecule has 0 N–H and O–H groups in total. The van der Waals surface area contributed by atoms with E-state index in [2.05, 4.69) is 4.99 Å². The van der Waals surface area contributed by atoms with Crippen LogP contribution in [0, 0.1) is 5.82 Å². The molecule has 0 atom stereocenters. The number of hydrogen-bond donors (Lipinski definition) is 0. The summed E-state index contributed by atoms with van der Waals surface area (Å²) in [5.41, 5.74) is 1.07. The second-order valence-electron chi connectivity index (χ2n) is 3.19. The predicted octanol–water partition coefficient (Wildman–Crippen LogP) is 2.67. The molecule has 0 aliphatic heterocycles. The first-order chi connectivity index (χ1) is 6.31. The normalized spacial score (nSPS) is 15.2. The average Bonchev–Trinajstić information content (AvgIpc) is 2.91. The van der Waals surface area contributed by atoms with Crippen molar-refractivity contribution < 1.29 is 9.18 Å². The van der Waals surface area contributed by atoms with Gasteiger partial charge in [-0.1, -0.05) is 6.07 Å².